The fourth-order valence-corrected chi connectivity index (χ4v) is 1.34. The van der Waals surface area contributed by atoms with Crippen molar-refractivity contribution in [1.82, 2.24) is 5.32 Å². The van der Waals surface area contributed by atoms with Gasteiger partial charge in [-0.15, -0.1) is 0 Å². The van der Waals surface area contributed by atoms with Crippen LogP contribution in [0.3, 0.4) is 0 Å². The zero-order chi connectivity index (χ0) is 14.3. The molecule has 0 aliphatic rings. The van der Waals surface area contributed by atoms with E-state index in [0.717, 1.165) is 0 Å². The molecule has 18 heavy (non-hydrogen) atoms. The van der Waals surface area contributed by atoms with Crippen LogP contribution in [-0.2, 0) is 23.9 Å². The molecule has 0 aliphatic heterocycles. The monoisotopic (exact) mass is 259 g/mol. The Morgan fingerprint density at radius 2 is 1.61 bits per heavy atom. The maximum atomic E-state index is 11.6. The van der Waals surface area contributed by atoms with Crippen molar-refractivity contribution in [2.24, 2.45) is 11.8 Å². The number of esters is 2. The van der Waals surface area contributed by atoms with E-state index in [2.05, 4.69) is 14.8 Å². The summed E-state index contributed by atoms with van der Waals surface area (Å²) in [4.78, 5) is 34.4. The summed E-state index contributed by atoms with van der Waals surface area (Å²) in [5.41, 5.74) is 0. The van der Waals surface area contributed by atoms with Crippen LogP contribution in [0.1, 0.15) is 27.2 Å². The highest BCUT2D eigenvalue weighted by Gasteiger charge is 2.30. The van der Waals surface area contributed by atoms with Crippen molar-refractivity contribution in [2.45, 2.75) is 33.2 Å². The molecule has 0 saturated carbocycles. The molecule has 0 fully saturated rings. The van der Waals surface area contributed by atoms with Gasteiger partial charge in [-0.3, -0.25) is 9.59 Å². The Morgan fingerprint density at radius 3 is 2.00 bits per heavy atom. The molecule has 0 aromatic rings. The van der Waals surface area contributed by atoms with Gasteiger partial charge in [0.25, 0.3) is 0 Å². The number of hydrogen-bond acceptors (Lipinski definition) is 5. The van der Waals surface area contributed by atoms with Crippen molar-refractivity contribution in [2.75, 3.05) is 14.2 Å². The van der Waals surface area contributed by atoms with Gasteiger partial charge in [-0.05, 0) is 5.92 Å². The van der Waals surface area contributed by atoms with Crippen molar-refractivity contribution in [3.63, 3.8) is 0 Å². The van der Waals surface area contributed by atoms with Gasteiger partial charge >= 0.3 is 11.9 Å². The van der Waals surface area contributed by atoms with E-state index in [1.165, 1.54) is 14.2 Å². The molecule has 0 aliphatic carbocycles. The van der Waals surface area contributed by atoms with Gasteiger partial charge in [0.1, 0.15) is 6.04 Å². The summed E-state index contributed by atoms with van der Waals surface area (Å²) in [6.45, 7) is 5.11. The third kappa shape index (κ3) is 5.16. The SMILES string of the molecule is COC(=O)C[C@@H](C)[C@@H](NC(=O)C(C)C)C(=O)OC. The molecule has 0 unspecified atom stereocenters. The van der Waals surface area contributed by atoms with Gasteiger partial charge in [0, 0.05) is 5.92 Å². The maximum absolute atomic E-state index is 11.6. The lowest BCUT2D eigenvalue weighted by Crippen LogP contribution is -2.47. The highest BCUT2D eigenvalue weighted by molar-refractivity contribution is 5.86. The predicted molar refractivity (Wildman–Crippen MR) is 64.6 cm³/mol. The van der Waals surface area contributed by atoms with Crippen LogP contribution in [0.25, 0.3) is 0 Å². The van der Waals surface area contributed by atoms with E-state index in [4.69, 9.17) is 0 Å². The molecule has 2 atom stereocenters. The smallest absolute Gasteiger partial charge is 0.328 e. The topological polar surface area (TPSA) is 81.7 Å². The number of methoxy groups -OCH3 is 2. The van der Waals surface area contributed by atoms with Gasteiger partial charge < -0.3 is 14.8 Å². The average molecular weight is 259 g/mol. The Hall–Kier alpha value is -1.59. The minimum absolute atomic E-state index is 0.0364. The number of carbonyl (C=O) groups is 3. The molecule has 0 heterocycles. The lowest BCUT2D eigenvalue weighted by molar-refractivity contribution is -0.148. The standard InChI is InChI=1S/C12H21NO5/c1-7(2)11(15)13-10(12(16)18-5)8(3)6-9(14)17-4/h7-8,10H,6H2,1-5H3,(H,13,15)/t8-,10-/m1/s1. The Balaban J connectivity index is 4.72. The fourth-order valence-electron chi connectivity index (χ4n) is 1.34. The van der Waals surface area contributed by atoms with Crippen molar-refractivity contribution >= 4 is 17.8 Å². The average Bonchev–Trinajstić information content (AvgIpc) is 2.33. The summed E-state index contributed by atoms with van der Waals surface area (Å²) >= 11 is 0. The van der Waals surface area contributed by atoms with Crippen molar-refractivity contribution in [3.8, 4) is 0 Å². The molecule has 6 nitrogen and oxygen atoms in total. The lowest BCUT2D eigenvalue weighted by Gasteiger charge is -2.23. The van der Waals surface area contributed by atoms with Gasteiger partial charge in [-0.25, -0.2) is 4.79 Å². The summed E-state index contributed by atoms with van der Waals surface area (Å²) in [6.07, 6.45) is 0.0364. The molecule has 1 amide bonds. The second-order valence-electron chi connectivity index (χ2n) is 4.42. The molecular weight excluding hydrogens is 238 g/mol. The number of carbonyl (C=O) groups excluding carboxylic acids is 3. The van der Waals surface area contributed by atoms with Crippen LogP contribution in [0, 0.1) is 11.8 Å². The highest BCUT2D eigenvalue weighted by Crippen LogP contribution is 2.11. The molecule has 0 radical (unpaired) electrons. The summed E-state index contributed by atoms with van der Waals surface area (Å²) in [5.74, 6) is -1.91. The lowest BCUT2D eigenvalue weighted by atomic mass is 9.97. The zero-order valence-corrected chi connectivity index (χ0v) is 11.5. The van der Waals surface area contributed by atoms with E-state index in [-0.39, 0.29) is 18.2 Å². The summed E-state index contributed by atoms with van der Waals surface area (Å²) < 4.78 is 9.16. The number of nitrogens with one attached hydrogen (secondary N) is 1. The van der Waals surface area contributed by atoms with Crippen LogP contribution in [-0.4, -0.2) is 38.1 Å². The number of ether oxygens (including phenoxy) is 2. The summed E-state index contributed by atoms with van der Waals surface area (Å²) in [6, 6.07) is -0.844. The third-order valence-electron chi connectivity index (χ3n) is 2.56. The first-order valence-corrected chi connectivity index (χ1v) is 5.78. The molecular formula is C12H21NO5. The summed E-state index contributed by atoms with van der Waals surface area (Å²) in [7, 11) is 2.51. The number of hydrogen-bond donors (Lipinski definition) is 1. The molecule has 6 heteroatoms. The number of rotatable bonds is 6. The normalized spacial score (nSPS) is 13.7. The molecule has 1 N–H and O–H groups in total. The second-order valence-corrected chi connectivity index (χ2v) is 4.42. The van der Waals surface area contributed by atoms with E-state index in [9.17, 15) is 14.4 Å². The van der Waals surface area contributed by atoms with Crippen LogP contribution in [0.15, 0.2) is 0 Å². The minimum Gasteiger partial charge on any atom is -0.469 e. The van der Waals surface area contributed by atoms with Crippen molar-refractivity contribution < 1.29 is 23.9 Å². The van der Waals surface area contributed by atoms with Gasteiger partial charge in [0.2, 0.25) is 5.91 Å². The first-order chi connectivity index (χ1) is 8.33. The fraction of sp³-hybridized carbons (Fsp3) is 0.750. The minimum atomic E-state index is -0.844. The van der Waals surface area contributed by atoms with Crippen molar-refractivity contribution in [1.29, 1.82) is 0 Å². The molecule has 0 rings (SSSR count). The Bertz CT molecular complexity index is 314. The van der Waals surface area contributed by atoms with Crippen LogP contribution < -0.4 is 5.32 Å². The van der Waals surface area contributed by atoms with E-state index < -0.39 is 23.9 Å². The first-order valence-electron chi connectivity index (χ1n) is 5.78. The Morgan fingerprint density at radius 1 is 1.06 bits per heavy atom. The predicted octanol–water partition coefficient (Wildman–Crippen LogP) is 0.499. The molecule has 0 bridgehead atoms. The van der Waals surface area contributed by atoms with Gasteiger partial charge in [0.15, 0.2) is 0 Å². The molecule has 0 saturated heterocycles. The first kappa shape index (κ1) is 16.4. The summed E-state index contributed by atoms with van der Waals surface area (Å²) in [5, 5.41) is 2.58. The van der Waals surface area contributed by atoms with E-state index in [0.29, 0.717) is 0 Å². The molecule has 0 spiro atoms. The maximum Gasteiger partial charge on any atom is 0.328 e. The van der Waals surface area contributed by atoms with Gasteiger partial charge in [0.05, 0.1) is 20.6 Å². The van der Waals surface area contributed by atoms with E-state index >= 15 is 0 Å². The third-order valence-corrected chi connectivity index (χ3v) is 2.56. The molecule has 0 aromatic heterocycles. The molecule has 104 valence electrons. The number of amides is 1. The second kappa shape index (κ2) is 7.68. The molecule has 0 aromatic carbocycles. The van der Waals surface area contributed by atoms with E-state index in [1.807, 2.05) is 0 Å². The van der Waals surface area contributed by atoms with Crippen LogP contribution >= 0.6 is 0 Å². The largest absolute Gasteiger partial charge is 0.469 e. The Kier molecular flexibility index (Phi) is 7.00. The van der Waals surface area contributed by atoms with Crippen LogP contribution in [0.4, 0.5) is 0 Å². The van der Waals surface area contributed by atoms with Crippen molar-refractivity contribution in [3.05, 3.63) is 0 Å². The van der Waals surface area contributed by atoms with Crippen LogP contribution in [0.5, 0.6) is 0 Å². The highest BCUT2D eigenvalue weighted by atomic mass is 16.5. The zero-order valence-electron chi connectivity index (χ0n) is 11.5. The van der Waals surface area contributed by atoms with Gasteiger partial charge in [-0.1, -0.05) is 20.8 Å². The van der Waals surface area contributed by atoms with Crippen LogP contribution in [0.2, 0.25) is 0 Å². The van der Waals surface area contributed by atoms with Gasteiger partial charge in [-0.2, -0.15) is 0 Å². The quantitative estimate of drug-likeness (QED) is 0.702. The Labute approximate surface area is 107 Å². The van der Waals surface area contributed by atoms with E-state index in [1.54, 1.807) is 20.8 Å².